The Balaban J connectivity index is 2.41. The second-order valence-electron chi connectivity index (χ2n) is 4.06. The number of benzene rings is 1. The molecule has 15 heavy (non-hydrogen) atoms. The molecule has 0 aliphatic rings. The monoisotopic (exact) mass is 210 g/mol. The van der Waals surface area contributed by atoms with E-state index in [1.54, 1.807) is 6.92 Å². The second-order valence-corrected chi connectivity index (χ2v) is 4.06. The molecule has 0 saturated carbocycles. The lowest BCUT2D eigenvalue weighted by Gasteiger charge is -2.10. The molecule has 1 aromatic rings. The molecule has 0 saturated heterocycles. The number of hydrogen-bond donors (Lipinski definition) is 2. The van der Waals surface area contributed by atoms with Crippen molar-refractivity contribution in [3.8, 4) is 0 Å². The molecule has 1 unspecified atom stereocenters. The summed E-state index contributed by atoms with van der Waals surface area (Å²) in [5, 5.41) is 3.30. The summed E-state index contributed by atoms with van der Waals surface area (Å²) in [5.41, 5.74) is 7.31. The highest BCUT2D eigenvalue weighted by Crippen LogP contribution is 2.08. The van der Waals surface area contributed by atoms with Crippen molar-refractivity contribution in [1.29, 1.82) is 0 Å². The van der Waals surface area contributed by atoms with Gasteiger partial charge in [0.05, 0.1) is 0 Å². The minimum absolute atomic E-state index is 0.144. The third-order valence-corrected chi connectivity index (χ3v) is 2.45. The Labute approximate surface area is 90.7 Å². The highest BCUT2D eigenvalue weighted by atomic mass is 19.1. The number of nitrogens with one attached hydrogen (secondary N) is 1. The smallest absolute Gasteiger partial charge is 0.126 e. The highest BCUT2D eigenvalue weighted by molar-refractivity contribution is 5.23. The van der Waals surface area contributed by atoms with Gasteiger partial charge in [0.15, 0.2) is 0 Å². The first kappa shape index (κ1) is 12.1. The van der Waals surface area contributed by atoms with E-state index in [1.807, 2.05) is 12.1 Å². The molecular formula is C12H19FN2. The highest BCUT2D eigenvalue weighted by Gasteiger charge is 2.00. The lowest BCUT2D eigenvalue weighted by molar-refractivity contribution is 0.521. The summed E-state index contributed by atoms with van der Waals surface area (Å²) in [6, 6.07) is 5.19. The maximum atomic E-state index is 13.0. The maximum Gasteiger partial charge on any atom is 0.126 e. The zero-order chi connectivity index (χ0) is 11.3. The van der Waals surface area contributed by atoms with Gasteiger partial charge >= 0.3 is 0 Å². The van der Waals surface area contributed by atoms with Gasteiger partial charge < -0.3 is 11.1 Å². The van der Waals surface area contributed by atoms with Crippen LogP contribution in [0.5, 0.6) is 0 Å². The Hall–Kier alpha value is -0.930. The van der Waals surface area contributed by atoms with Crippen LogP contribution < -0.4 is 11.1 Å². The molecule has 3 heteroatoms. The average Bonchev–Trinajstić information content (AvgIpc) is 2.23. The van der Waals surface area contributed by atoms with Gasteiger partial charge in [0, 0.05) is 6.54 Å². The Morgan fingerprint density at radius 3 is 2.80 bits per heavy atom. The molecular weight excluding hydrogens is 191 g/mol. The van der Waals surface area contributed by atoms with E-state index in [1.165, 1.54) is 6.07 Å². The van der Waals surface area contributed by atoms with Crippen LogP contribution in [0, 0.1) is 18.7 Å². The number of halogens is 1. The molecule has 0 heterocycles. The summed E-state index contributed by atoms with van der Waals surface area (Å²) in [4.78, 5) is 0. The van der Waals surface area contributed by atoms with Crippen molar-refractivity contribution in [2.24, 2.45) is 11.7 Å². The molecule has 1 rings (SSSR count). The molecule has 0 aromatic heterocycles. The van der Waals surface area contributed by atoms with E-state index in [4.69, 9.17) is 5.73 Å². The third kappa shape index (κ3) is 3.98. The van der Waals surface area contributed by atoms with E-state index in [-0.39, 0.29) is 5.82 Å². The van der Waals surface area contributed by atoms with E-state index in [2.05, 4.69) is 12.2 Å². The molecule has 0 amide bonds. The fraction of sp³-hybridized carbons (Fsp3) is 0.500. The van der Waals surface area contributed by atoms with Crippen molar-refractivity contribution >= 4 is 0 Å². The molecule has 3 N–H and O–H groups in total. The summed E-state index contributed by atoms with van der Waals surface area (Å²) >= 11 is 0. The number of hydrogen-bond acceptors (Lipinski definition) is 2. The minimum atomic E-state index is -0.144. The fourth-order valence-corrected chi connectivity index (χ4v) is 1.36. The van der Waals surface area contributed by atoms with E-state index in [9.17, 15) is 4.39 Å². The quantitative estimate of drug-likeness (QED) is 0.778. The van der Waals surface area contributed by atoms with Gasteiger partial charge in [-0.05, 0) is 43.1 Å². The van der Waals surface area contributed by atoms with E-state index < -0.39 is 0 Å². The Morgan fingerprint density at radius 1 is 1.47 bits per heavy atom. The minimum Gasteiger partial charge on any atom is -0.330 e. The SMILES string of the molecule is Cc1cc(CNCC(C)CN)ccc1F. The maximum absolute atomic E-state index is 13.0. The van der Waals surface area contributed by atoms with Crippen LogP contribution in [-0.4, -0.2) is 13.1 Å². The third-order valence-electron chi connectivity index (χ3n) is 2.45. The Bertz CT molecular complexity index is 312. The van der Waals surface area contributed by atoms with Gasteiger partial charge in [-0.1, -0.05) is 19.1 Å². The first-order valence-electron chi connectivity index (χ1n) is 5.29. The van der Waals surface area contributed by atoms with Crippen LogP contribution in [0.4, 0.5) is 4.39 Å². The molecule has 2 nitrogen and oxygen atoms in total. The molecule has 1 atom stereocenters. The van der Waals surface area contributed by atoms with E-state index in [0.717, 1.165) is 18.7 Å². The standard InChI is InChI=1S/C12H19FN2/c1-9(6-14)7-15-8-11-3-4-12(13)10(2)5-11/h3-5,9,15H,6-8,14H2,1-2H3. The second kappa shape index (κ2) is 5.83. The average molecular weight is 210 g/mol. The zero-order valence-electron chi connectivity index (χ0n) is 9.39. The van der Waals surface area contributed by atoms with Crippen molar-refractivity contribution in [2.75, 3.05) is 13.1 Å². The van der Waals surface area contributed by atoms with Crippen molar-refractivity contribution in [3.05, 3.63) is 35.1 Å². The lowest BCUT2D eigenvalue weighted by Crippen LogP contribution is -2.25. The van der Waals surface area contributed by atoms with Gasteiger partial charge in [-0.25, -0.2) is 4.39 Å². The van der Waals surface area contributed by atoms with Crippen LogP contribution in [0.15, 0.2) is 18.2 Å². The fourth-order valence-electron chi connectivity index (χ4n) is 1.36. The Morgan fingerprint density at radius 2 is 2.20 bits per heavy atom. The molecule has 0 bridgehead atoms. The van der Waals surface area contributed by atoms with Gasteiger partial charge in [-0.15, -0.1) is 0 Å². The van der Waals surface area contributed by atoms with Gasteiger partial charge in [0.2, 0.25) is 0 Å². The van der Waals surface area contributed by atoms with E-state index >= 15 is 0 Å². The van der Waals surface area contributed by atoms with Crippen molar-refractivity contribution in [3.63, 3.8) is 0 Å². The normalized spacial score (nSPS) is 12.8. The van der Waals surface area contributed by atoms with Gasteiger partial charge in [-0.2, -0.15) is 0 Å². The molecule has 84 valence electrons. The predicted octanol–water partition coefficient (Wildman–Crippen LogP) is 1.82. The van der Waals surface area contributed by atoms with Crippen molar-refractivity contribution in [2.45, 2.75) is 20.4 Å². The first-order chi connectivity index (χ1) is 7.13. The summed E-state index contributed by atoms with van der Waals surface area (Å²) < 4.78 is 13.0. The largest absolute Gasteiger partial charge is 0.330 e. The molecule has 0 aliphatic heterocycles. The van der Waals surface area contributed by atoms with E-state index in [0.29, 0.717) is 18.0 Å². The Kier molecular flexibility index (Phi) is 4.72. The van der Waals surface area contributed by atoms with Crippen LogP contribution in [-0.2, 0) is 6.54 Å². The topological polar surface area (TPSA) is 38.0 Å². The van der Waals surface area contributed by atoms with Crippen LogP contribution in [0.25, 0.3) is 0 Å². The van der Waals surface area contributed by atoms with Gasteiger partial charge in [0.25, 0.3) is 0 Å². The van der Waals surface area contributed by atoms with Crippen LogP contribution in [0.3, 0.4) is 0 Å². The summed E-state index contributed by atoms with van der Waals surface area (Å²) in [6.07, 6.45) is 0. The molecule has 0 radical (unpaired) electrons. The molecule has 0 spiro atoms. The van der Waals surface area contributed by atoms with Crippen LogP contribution in [0.1, 0.15) is 18.1 Å². The lowest BCUT2D eigenvalue weighted by atomic mass is 10.1. The molecule has 0 fully saturated rings. The van der Waals surface area contributed by atoms with Gasteiger partial charge in [-0.3, -0.25) is 0 Å². The summed E-state index contributed by atoms with van der Waals surface area (Å²) in [6.45, 7) is 6.23. The number of rotatable bonds is 5. The van der Waals surface area contributed by atoms with Gasteiger partial charge in [0.1, 0.15) is 5.82 Å². The number of nitrogens with two attached hydrogens (primary N) is 1. The van der Waals surface area contributed by atoms with Crippen LogP contribution >= 0.6 is 0 Å². The zero-order valence-corrected chi connectivity index (χ0v) is 9.39. The summed E-state index contributed by atoms with van der Waals surface area (Å²) in [5.74, 6) is 0.334. The number of aryl methyl sites for hydroxylation is 1. The van der Waals surface area contributed by atoms with Crippen LogP contribution in [0.2, 0.25) is 0 Å². The first-order valence-corrected chi connectivity index (χ1v) is 5.29. The van der Waals surface area contributed by atoms with Crippen molar-refractivity contribution in [1.82, 2.24) is 5.32 Å². The molecule has 0 aliphatic carbocycles. The van der Waals surface area contributed by atoms with Crippen molar-refractivity contribution < 1.29 is 4.39 Å². The molecule has 1 aromatic carbocycles. The summed E-state index contributed by atoms with van der Waals surface area (Å²) in [7, 11) is 0. The predicted molar refractivity (Wildman–Crippen MR) is 61.1 cm³/mol.